The number of carbonyl (C=O) groups is 2. The van der Waals surface area contributed by atoms with Gasteiger partial charge in [-0.25, -0.2) is 0 Å². The molecule has 126 valence electrons. The van der Waals surface area contributed by atoms with Crippen LogP contribution >= 0.6 is 0 Å². The van der Waals surface area contributed by atoms with Crippen molar-refractivity contribution in [1.29, 1.82) is 0 Å². The van der Waals surface area contributed by atoms with Crippen LogP contribution in [0.15, 0.2) is 18.2 Å². The van der Waals surface area contributed by atoms with Crippen LogP contribution in [0.3, 0.4) is 0 Å². The number of amides is 1. The molecule has 5 nitrogen and oxygen atoms in total. The number of ether oxygens (including phenoxy) is 1. The van der Waals surface area contributed by atoms with E-state index in [-0.39, 0.29) is 18.2 Å². The van der Waals surface area contributed by atoms with Crippen LogP contribution in [-0.4, -0.2) is 24.1 Å². The Morgan fingerprint density at radius 3 is 2.57 bits per heavy atom. The molecule has 0 bridgehead atoms. The highest BCUT2D eigenvalue weighted by Crippen LogP contribution is 2.27. The summed E-state index contributed by atoms with van der Waals surface area (Å²) < 4.78 is 5.23. The van der Waals surface area contributed by atoms with E-state index in [1.165, 1.54) is 6.42 Å². The Labute approximate surface area is 137 Å². The first-order valence-electron chi connectivity index (χ1n) is 8.18. The first-order chi connectivity index (χ1) is 11.0. The van der Waals surface area contributed by atoms with E-state index in [0.717, 1.165) is 42.6 Å². The zero-order chi connectivity index (χ0) is 16.8. The maximum Gasteiger partial charge on any atom is 0.305 e. The van der Waals surface area contributed by atoms with Crippen LogP contribution in [0.1, 0.15) is 55.7 Å². The molecule has 23 heavy (non-hydrogen) atoms. The Bertz CT molecular complexity index is 564. The van der Waals surface area contributed by atoms with Gasteiger partial charge in [-0.3, -0.25) is 9.59 Å². The maximum atomic E-state index is 12.4. The lowest BCUT2D eigenvalue weighted by Gasteiger charge is -2.25. The number of aryl methyl sites for hydroxylation is 1. The Balaban J connectivity index is 2.14. The van der Waals surface area contributed by atoms with E-state index in [2.05, 4.69) is 5.32 Å². The van der Waals surface area contributed by atoms with Gasteiger partial charge in [0.1, 0.15) is 5.75 Å². The molecule has 2 rings (SSSR count). The molecule has 1 amide bonds. The lowest BCUT2D eigenvalue weighted by atomic mass is 9.88. The molecule has 2 N–H and O–H groups in total. The number of carboxylic acid groups (broad SMARTS) is 1. The van der Waals surface area contributed by atoms with Crippen LogP contribution in [0.5, 0.6) is 5.75 Å². The Morgan fingerprint density at radius 1 is 1.30 bits per heavy atom. The average Bonchev–Trinajstić information content (AvgIpc) is 2.54. The third kappa shape index (κ3) is 4.71. The fraction of sp³-hybridized carbons (Fsp3) is 0.556. The molecule has 1 saturated carbocycles. The number of carboxylic acids is 1. The predicted octanol–water partition coefficient (Wildman–Crippen LogP) is 3.22. The molecule has 1 unspecified atom stereocenters. The molecule has 5 heteroatoms. The van der Waals surface area contributed by atoms with Gasteiger partial charge in [0, 0.05) is 5.92 Å². The fourth-order valence-electron chi connectivity index (χ4n) is 3.20. The van der Waals surface area contributed by atoms with Gasteiger partial charge in [-0.05, 0) is 37.0 Å². The SMILES string of the molecule is COc1ccc(C(CC(=O)O)NC(=O)C2CCCCC2)cc1C. The van der Waals surface area contributed by atoms with E-state index in [9.17, 15) is 9.59 Å². The zero-order valence-electron chi connectivity index (χ0n) is 13.8. The van der Waals surface area contributed by atoms with E-state index in [1.807, 2.05) is 25.1 Å². The highest BCUT2D eigenvalue weighted by Gasteiger charge is 2.25. The van der Waals surface area contributed by atoms with Crippen molar-refractivity contribution in [3.63, 3.8) is 0 Å². The van der Waals surface area contributed by atoms with Crippen LogP contribution in [0, 0.1) is 12.8 Å². The monoisotopic (exact) mass is 319 g/mol. The largest absolute Gasteiger partial charge is 0.496 e. The molecule has 1 atom stereocenters. The summed E-state index contributed by atoms with van der Waals surface area (Å²) in [6.45, 7) is 1.91. The van der Waals surface area contributed by atoms with E-state index >= 15 is 0 Å². The highest BCUT2D eigenvalue weighted by atomic mass is 16.5. The van der Waals surface area contributed by atoms with Gasteiger partial charge in [-0.2, -0.15) is 0 Å². The number of methoxy groups -OCH3 is 1. The number of rotatable bonds is 6. The number of aliphatic carboxylic acids is 1. The van der Waals surface area contributed by atoms with Crippen molar-refractivity contribution in [2.45, 2.75) is 51.5 Å². The van der Waals surface area contributed by atoms with Crippen LogP contribution in [-0.2, 0) is 9.59 Å². The second-order valence-corrected chi connectivity index (χ2v) is 6.22. The van der Waals surface area contributed by atoms with Gasteiger partial charge >= 0.3 is 5.97 Å². The van der Waals surface area contributed by atoms with E-state index in [1.54, 1.807) is 7.11 Å². The minimum Gasteiger partial charge on any atom is -0.496 e. The quantitative estimate of drug-likeness (QED) is 0.844. The third-order valence-electron chi connectivity index (χ3n) is 4.49. The summed E-state index contributed by atoms with van der Waals surface area (Å²) in [5.41, 5.74) is 1.72. The van der Waals surface area contributed by atoms with Gasteiger partial charge in [0.2, 0.25) is 5.91 Å². The van der Waals surface area contributed by atoms with Crippen molar-refractivity contribution in [2.75, 3.05) is 7.11 Å². The van der Waals surface area contributed by atoms with Crippen LogP contribution in [0.25, 0.3) is 0 Å². The lowest BCUT2D eigenvalue weighted by Crippen LogP contribution is -2.36. The zero-order valence-corrected chi connectivity index (χ0v) is 13.8. The standard InChI is InChI=1S/C18H25NO4/c1-12-10-14(8-9-16(12)23-2)15(11-17(20)21)19-18(22)13-6-4-3-5-7-13/h8-10,13,15H,3-7,11H2,1-2H3,(H,19,22)(H,20,21). The number of carbonyl (C=O) groups excluding carboxylic acids is 1. The molecular formula is C18H25NO4. The minimum absolute atomic E-state index is 0.0133. The molecule has 1 aliphatic carbocycles. The van der Waals surface area contributed by atoms with Crippen molar-refractivity contribution in [1.82, 2.24) is 5.32 Å². The molecule has 0 heterocycles. The van der Waals surface area contributed by atoms with Gasteiger partial charge in [0.15, 0.2) is 0 Å². The predicted molar refractivity (Wildman–Crippen MR) is 87.4 cm³/mol. The molecule has 1 aromatic rings. The first-order valence-corrected chi connectivity index (χ1v) is 8.18. The second-order valence-electron chi connectivity index (χ2n) is 6.22. The Morgan fingerprint density at radius 2 is 2.00 bits per heavy atom. The van der Waals surface area contributed by atoms with Crippen molar-refractivity contribution in [3.8, 4) is 5.75 Å². The number of hydrogen-bond acceptors (Lipinski definition) is 3. The Hall–Kier alpha value is -2.04. The van der Waals surface area contributed by atoms with Crippen molar-refractivity contribution in [2.24, 2.45) is 5.92 Å². The van der Waals surface area contributed by atoms with Gasteiger partial charge in [-0.15, -0.1) is 0 Å². The normalized spacial score (nSPS) is 16.6. The van der Waals surface area contributed by atoms with E-state index < -0.39 is 12.0 Å². The molecule has 0 radical (unpaired) electrons. The van der Waals surface area contributed by atoms with Crippen molar-refractivity contribution >= 4 is 11.9 Å². The van der Waals surface area contributed by atoms with Gasteiger partial charge < -0.3 is 15.2 Å². The molecule has 0 aliphatic heterocycles. The van der Waals surface area contributed by atoms with E-state index in [4.69, 9.17) is 9.84 Å². The summed E-state index contributed by atoms with van der Waals surface area (Å²) in [5.74, 6) is -0.183. The summed E-state index contributed by atoms with van der Waals surface area (Å²) in [6, 6.07) is 5.01. The average molecular weight is 319 g/mol. The minimum atomic E-state index is -0.924. The number of hydrogen-bond donors (Lipinski definition) is 2. The highest BCUT2D eigenvalue weighted by molar-refractivity contribution is 5.80. The smallest absolute Gasteiger partial charge is 0.305 e. The molecule has 0 aromatic heterocycles. The molecule has 1 fully saturated rings. The second kappa shape index (κ2) is 7.99. The molecule has 0 spiro atoms. The molecule has 0 saturated heterocycles. The fourth-order valence-corrected chi connectivity index (χ4v) is 3.20. The van der Waals surface area contributed by atoms with Gasteiger partial charge in [-0.1, -0.05) is 31.4 Å². The first kappa shape index (κ1) is 17.3. The summed E-state index contributed by atoms with van der Waals surface area (Å²) in [7, 11) is 1.60. The summed E-state index contributed by atoms with van der Waals surface area (Å²) in [4.78, 5) is 23.6. The van der Waals surface area contributed by atoms with Gasteiger partial charge in [0.05, 0.1) is 19.6 Å². The van der Waals surface area contributed by atoms with Crippen LogP contribution < -0.4 is 10.1 Å². The summed E-state index contributed by atoms with van der Waals surface area (Å²) in [6.07, 6.45) is 5.00. The lowest BCUT2D eigenvalue weighted by molar-refractivity contribution is -0.138. The van der Waals surface area contributed by atoms with Crippen molar-refractivity contribution < 1.29 is 19.4 Å². The number of benzene rings is 1. The summed E-state index contributed by atoms with van der Waals surface area (Å²) >= 11 is 0. The maximum absolute atomic E-state index is 12.4. The summed E-state index contributed by atoms with van der Waals surface area (Å²) in [5, 5.41) is 12.1. The van der Waals surface area contributed by atoms with Crippen LogP contribution in [0.4, 0.5) is 0 Å². The molecular weight excluding hydrogens is 294 g/mol. The van der Waals surface area contributed by atoms with Gasteiger partial charge in [0.25, 0.3) is 0 Å². The molecule has 1 aromatic carbocycles. The van der Waals surface area contributed by atoms with E-state index in [0.29, 0.717) is 0 Å². The third-order valence-corrected chi connectivity index (χ3v) is 4.49. The van der Waals surface area contributed by atoms with Crippen LogP contribution in [0.2, 0.25) is 0 Å². The van der Waals surface area contributed by atoms with Crippen molar-refractivity contribution in [3.05, 3.63) is 29.3 Å². The number of nitrogens with one attached hydrogen (secondary N) is 1. The Kier molecular flexibility index (Phi) is 6.02. The topological polar surface area (TPSA) is 75.6 Å². The molecule has 1 aliphatic rings.